The van der Waals surface area contributed by atoms with Gasteiger partial charge in [0.2, 0.25) is 0 Å². The number of halogens is 2. The van der Waals surface area contributed by atoms with Crippen molar-refractivity contribution in [3.8, 4) is 0 Å². The normalized spacial score (nSPS) is 13.3. The van der Waals surface area contributed by atoms with Crippen molar-refractivity contribution in [3.05, 3.63) is 46.5 Å². The Balaban J connectivity index is 2.89. The molecule has 0 saturated heterocycles. The van der Waals surface area contributed by atoms with Crippen molar-refractivity contribution in [1.82, 2.24) is 0 Å². The molecule has 0 N–H and O–H groups in total. The summed E-state index contributed by atoms with van der Waals surface area (Å²) in [7, 11) is -3.46. The summed E-state index contributed by atoms with van der Waals surface area (Å²) in [6.45, 7) is 3.70. The molecule has 1 aromatic carbocycles. The van der Waals surface area contributed by atoms with Crippen molar-refractivity contribution in [3.63, 3.8) is 0 Å². The molecule has 1 rings (SSSR count). The lowest BCUT2D eigenvalue weighted by molar-refractivity contribution is 0.295. The zero-order valence-electron chi connectivity index (χ0n) is 9.90. The second kappa shape index (κ2) is 6.57. The van der Waals surface area contributed by atoms with Crippen LogP contribution in [-0.2, 0) is 14.3 Å². The fourth-order valence-electron chi connectivity index (χ4n) is 1.47. The minimum Gasteiger partial charge on any atom is -0.270 e. The summed E-state index contributed by atoms with van der Waals surface area (Å²) in [5.74, 6) is -0.119. The molecule has 0 aliphatic heterocycles. The molecular formula is C12H14Cl2O3S. The lowest BCUT2D eigenvalue weighted by Crippen LogP contribution is -2.12. The molecule has 18 heavy (non-hydrogen) atoms. The van der Waals surface area contributed by atoms with Gasteiger partial charge in [-0.3, -0.25) is 4.18 Å². The third-order valence-corrected chi connectivity index (χ3v) is 3.65. The summed E-state index contributed by atoms with van der Waals surface area (Å²) < 4.78 is 26.8. The Morgan fingerprint density at radius 1 is 1.39 bits per heavy atom. The van der Waals surface area contributed by atoms with Gasteiger partial charge in [-0.25, -0.2) is 0 Å². The Labute approximate surface area is 117 Å². The van der Waals surface area contributed by atoms with Crippen LogP contribution in [0.3, 0.4) is 0 Å². The molecule has 6 heteroatoms. The van der Waals surface area contributed by atoms with Gasteiger partial charge in [0.05, 0.1) is 22.9 Å². The van der Waals surface area contributed by atoms with Gasteiger partial charge < -0.3 is 0 Å². The molecule has 0 bridgehead atoms. The van der Waals surface area contributed by atoms with E-state index in [4.69, 9.17) is 27.4 Å². The van der Waals surface area contributed by atoms with Crippen molar-refractivity contribution in [2.45, 2.75) is 12.3 Å². The van der Waals surface area contributed by atoms with Crippen LogP contribution in [0.15, 0.2) is 30.9 Å². The Morgan fingerprint density at radius 2 is 2.06 bits per heavy atom. The molecule has 0 unspecified atom stereocenters. The second-order valence-corrected chi connectivity index (χ2v) is 6.34. The van der Waals surface area contributed by atoms with Crippen molar-refractivity contribution in [2.24, 2.45) is 0 Å². The first-order valence-electron chi connectivity index (χ1n) is 5.23. The van der Waals surface area contributed by atoms with E-state index >= 15 is 0 Å². The number of hydrogen-bond donors (Lipinski definition) is 0. The standard InChI is InChI=1S/C12H14Cl2O3S/c1-3-4-10(8-17-18(2,15)16)9-5-6-11(13)12(14)7-9/h3,5-7,10H,1,4,8H2,2H3/t10-/m1/s1. The molecule has 0 fully saturated rings. The molecule has 0 saturated carbocycles. The second-order valence-electron chi connectivity index (χ2n) is 3.88. The number of allylic oxidation sites excluding steroid dienone is 1. The molecule has 0 spiro atoms. The van der Waals surface area contributed by atoms with Crippen LogP contribution in [0.1, 0.15) is 17.9 Å². The van der Waals surface area contributed by atoms with Crippen molar-refractivity contribution in [1.29, 1.82) is 0 Å². The van der Waals surface area contributed by atoms with E-state index < -0.39 is 10.1 Å². The third-order valence-electron chi connectivity index (χ3n) is 2.35. The average Bonchev–Trinajstić information content (AvgIpc) is 2.27. The van der Waals surface area contributed by atoms with Gasteiger partial charge >= 0.3 is 0 Å². The summed E-state index contributed by atoms with van der Waals surface area (Å²) in [6.07, 6.45) is 3.32. The van der Waals surface area contributed by atoms with Gasteiger partial charge in [-0.15, -0.1) is 6.58 Å². The van der Waals surface area contributed by atoms with Crippen molar-refractivity contribution < 1.29 is 12.6 Å². The highest BCUT2D eigenvalue weighted by molar-refractivity contribution is 7.85. The highest BCUT2D eigenvalue weighted by Crippen LogP contribution is 2.28. The Hall–Kier alpha value is -0.550. The molecule has 1 atom stereocenters. The van der Waals surface area contributed by atoms with Crippen LogP contribution < -0.4 is 0 Å². The van der Waals surface area contributed by atoms with E-state index in [2.05, 4.69) is 6.58 Å². The lowest BCUT2D eigenvalue weighted by atomic mass is 9.97. The van der Waals surface area contributed by atoms with Crippen LogP contribution in [-0.4, -0.2) is 21.3 Å². The summed E-state index contributed by atoms with van der Waals surface area (Å²) in [4.78, 5) is 0. The number of hydrogen-bond acceptors (Lipinski definition) is 3. The predicted octanol–water partition coefficient (Wildman–Crippen LogP) is 3.63. The zero-order chi connectivity index (χ0) is 13.8. The van der Waals surface area contributed by atoms with E-state index in [-0.39, 0.29) is 12.5 Å². The van der Waals surface area contributed by atoms with E-state index in [0.717, 1.165) is 11.8 Å². The topological polar surface area (TPSA) is 43.4 Å². The van der Waals surface area contributed by atoms with E-state index in [0.29, 0.717) is 16.5 Å². The van der Waals surface area contributed by atoms with Crippen molar-refractivity contribution >= 4 is 33.3 Å². The van der Waals surface area contributed by atoms with Crippen LogP contribution in [0.4, 0.5) is 0 Å². The molecule has 1 aromatic rings. The SMILES string of the molecule is C=CC[C@H](COS(C)(=O)=O)c1ccc(Cl)c(Cl)c1. The average molecular weight is 309 g/mol. The first-order chi connectivity index (χ1) is 8.33. The maximum atomic E-state index is 11.0. The summed E-state index contributed by atoms with van der Waals surface area (Å²) >= 11 is 11.8. The molecule has 3 nitrogen and oxygen atoms in total. The van der Waals surface area contributed by atoms with Gasteiger partial charge in [0.25, 0.3) is 10.1 Å². The smallest absolute Gasteiger partial charge is 0.264 e. The van der Waals surface area contributed by atoms with Crippen LogP contribution in [0.25, 0.3) is 0 Å². The highest BCUT2D eigenvalue weighted by Gasteiger charge is 2.14. The van der Waals surface area contributed by atoms with Crippen molar-refractivity contribution in [2.75, 3.05) is 12.9 Å². The maximum Gasteiger partial charge on any atom is 0.264 e. The predicted molar refractivity (Wildman–Crippen MR) is 74.8 cm³/mol. The highest BCUT2D eigenvalue weighted by atomic mass is 35.5. The Morgan fingerprint density at radius 3 is 2.56 bits per heavy atom. The summed E-state index contributed by atoms with van der Waals surface area (Å²) in [5, 5.41) is 0.893. The molecular weight excluding hydrogens is 295 g/mol. The minimum absolute atomic E-state index is 0.0583. The molecule has 0 amide bonds. The van der Waals surface area contributed by atoms with Crippen LogP contribution in [0, 0.1) is 0 Å². The monoisotopic (exact) mass is 308 g/mol. The molecule has 0 aromatic heterocycles. The largest absolute Gasteiger partial charge is 0.270 e. The first-order valence-corrected chi connectivity index (χ1v) is 7.81. The quantitative estimate of drug-likeness (QED) is 0.595. The molecule has 0 radical (unpaired) electrons. The van der Waals surface area contributed by atoms with E-state index in [1.165, 1.54) is 0 Å². The molecule has 0 aliphatic carbocycles. The van der Waals surface area contributed by atoms with Gasteiger partial charge in [0, 0.05) is 5.92 Å². The van der Waals surface area contributed by atoms with E-state index in [1.54, 1.807) is 24.3 Å². The lowest BCUT2D eigenvalue weighted by Gasteiger charge is -2.15. The number of rotatable bonds is 6. The van der Waals surface area contributed by atoms with Gasteiger partial charge in [-0.2, -0.15) is 8.42 Å². The van der Waals surface area contributed by atoms with Gasteiger partial charge in [0.1, 0.15) is 0 Å². The molecule has 0 aliphatic rings. The van der Waals surface area contributed by atoms with Crippen LogP contribution >= 0.6 is 23.2 Å². The van der Waals surface area contributed by atoms with E-state index in [9.17, 15) is 8.42 Å². The maximum absolute atomic E-state index is 11.0. The molecule has 0 heterocycles. The Kier molecular flexibility index (Phi) is 5.66. The zero-order valence-corrected chi connectivity index (χ0v) is 12.2. The van der Waals surface area contributed by atoms with Crippen LogP contribution in [0.5, 0.6) is 0 Å². The summed E-state index contributed by atoms with van der Waals surface area (Å²) in [5.41, 5.74) is 0.868. The van der Waals surface area contributed by atoms with Crippen LogP contribution in [0.2, 0.25) is 10.0 Å². The van der Waals surface area contributed by atoms with E-state index in [1.807, 2.05) is 0 Å². The minimum atomic E-state index is -3.46. The fourth-order valence-corrected chi connectivity index (χ4v) is 2.19. The summed E-state index contributed by atoms with van der Waals surface area (Å²) in [6, 6.07) is 5.19. The number of benzene rings is 1. The van der Waals surface area contributed by atoms with Gasteiger partial charge in [0.15, 0.2) is 0 Å². The Bertz CT molecular complexity index is 526. The third kappa shape index (κ3) is 4.98. The fraction of sp³-hybridized carbons (Fsp3) is 0.333. The first kappa shape index (κ1) is 15.5. The van der Waals surface area contributed by atoms with Gasteiger partial charge in [-0.1, -0.05) is 35.3 Å². The van der Waals surface area contributed by atoms with Gasteiger partial charge in [-0.05, 0) is 24.1 Å². The molecule has 100 valence electrons.